The van der Waals surface area contributed by atoms with Gasteiger partial charge >= 0.3 is 0 Å². The van der Waals surface area contributed by atoms with Crippen molar-refractivity contribution in [2.24, 2.45) is 0 Å². The Morgan fingerprint density at radius 2 is 2.12 bits per heavy atom. The monoisotopic (exact) mass is 386 g/mol. The van der Waals surface area contributed by atoms with E-state index in [1.54, 1.807) is 18.1 Å². The highest BCUT2D eigenvalue weighted by atomic mass is 35.5. The van der Waals surface area contributed by atoms with E-state index >= 15 is 0 Å². The van der Waals surface area contributed by atoms with Crippen LogP contribution in [-0.2, 0) is 22.6 Å². The average Bonchev–Trinajstić information content (AvgIpc) is 3.00. The van der Waals surface area contributed by atoms with E-state index in [1.807, 2.05) is 29.0 Å². The second-order valence-electron chi connectivity index (χ2n) is 5.66. The van der Waals surface area contributed by atoms with Crippen LogP contribution in [0.25, 0.3) is 0 Å². The molecule has 7 heteroatoms. The van der Waals surface area contributed by atoms with E-state index in [-0.39, 0.29) is 11.7 Å². The summed E-state index contributed by atoms with van der Waals surface area (Å²) in [6.07, 6.45) is 2.59. The van der Waals surface area contributed by atoms with E-state index in [4.69, 9.17) is 27.9 Å². The zero-order chi connectivity index (χ0) is 18.2. The van der Waals surface area contributed by atoms with Gasteiger partial charge in [-0.05, 0) is 36.2 Å². The Labute approximate surface area is 157 Å². The van der Waals surface area contributed by atoms with Crippen LogP contribution in [0.15, 0.2) is 42.6 Å². The lowest BCUT2D eigenvalue weighted by atomic mass is 10.2. The van der Waals surface area contributed by atoms with Crippen molar-refractivity contribution in [1.82, 2.24) is 9.47 Å². The molecule has 0 aliphatic rings. The fourth-order valence-corrected chi connectivity index (χ4v) is 2.86. The van der Waals surface area contributed by atoms with E-state index < -0.39 is 4.84 Å². The number of carbonyl (C=O) groups is 1. The van der Waals surface area contributed by atoms with Gasteiger partial charge in [0.2, 0.25) is 0 Å². The molecule has 1 heterocycles. The van der Waals surface area contributed by atoms with E-state index in [0.717, 1.165) is 11.3 Å². The molecule has 0 spiro atoms. The molecular formula is C18H21Cl2FN2O2. The molecule has 0 saturated heterocycles. The highest BCUT2D eigenvalue weighted by Crippen LogP contribution is 2.15. The molecule has 0 bridgehead atoms. The highest BCUT2D eigenvalue weighted by Gasteiger charge is 2.21. The summed E-state index contributed by atoms with van der Waals surface area (Å²) in [7, 11) is 1.61. The van der Waals surface area contributed by atoms with Crippen molar-refractivity contribution < 1.29 is 13.9 Å². The molecule has 2 rings (SSSR count). The molecule has 0 aliphatic carbocycles. The Morgan fingerprint density at radius 3 is 2.80 bits per heavy atom. The summed E-state index contributed by atoms with van der Waals surface area (Å²) in [6, 6.07) is 10.3. The Balaban J connectivity index is 2.11. The largest absolute Gasteiger partial charge is 0.385 e. The predicted octanol–water partition coefficient (Wildman–Crippen LogP) is 3.84. The average molecular weight is 387 g/mol. The van der Waals surface area contributed by atoms with E-state index in [2.05, 4.69) is 0 Å². The number of rotatable bonds is 9. The van der Waals surface area contributed by atoms with Crippen LogP contribution in [0, 0.1) is 5.82 Å². The molecular weight excluding hydrogens is 366 g/mol. The summed E-state index contributed by atoms with van der Waals surface area (Å²) < 4.78 is 20.4. The minimum absolute atomic E-state index is 0.269. The van der Waals surface area contributed by atoms with Gasteiger partial charge in [-0.1, -0.05) is 35.3 Å². The first-order chi connectivity index (χ1) is 12.0. The van der Waals surface area contributed by atoms with Gasteiger partial charge in [-0.25, -0.2) is 4.39 Å². The third-order valence-electron chi connectivity index (χ3n) is 3.79. The first-order valence-electron chi connectivity index (χ1n) is 7.95. The fraction of sp³-hybridized carbons (Fsp3) is 0.389. The van der Waals surface area contributed by atoms with Crippen molar-refractivity contribution in [3.8, 4) is 0 Å². The second kappa shape index (κ2) is 9.80. The van der Waals surface area contributed by atoms with Crippen LogP contribution >= 0.6 is 23.2 Å². The standard InChI is InChI=1S/C18H21Cl2FN2O2/c1-25-10-4-9-23(18(24)17(19)20)13-16-7-3-8-22(16)12-14-5-2-6-15(21)11-14/h2-3,5-8,11,17H,4,9-10,12-13H2,1H3. The summed E-state index contributed by atoms with van der Waals surface area (Å²) in [5, 5.41) is 0. The number of halogens is 3. The maximum absolute atomic E-state index is 13.4. The molecule has 0 fully saturated rings. The summed E-state index contributed by atoms with van der Waals surface area (Å²) in [4.78, 5) is 12.7. The third-order valence-corrected chi connectivity index (χ3v) is 4.17. The van der Waals surface area contributed by atoms with Crippen LogP contribution in [0.2, 0.25) is 0 Å². The van der Waals surface area contributed by atoms with E-state index in [1.165, 1.54) is 12.1 Å². The minimum atomic E-state index is -1.10. The van der Waals surface area contributed by atoms with Crippen LogP contribution in [0.5, 0.6) is 0 Å². The van der Waals surface area contributed by atoms with Crippen LogP contribution < -0.4 is 0 Å². The van der Waals surface area contributed by atoms with Crippen molar-refractivity contribution in [2.45, 2.75) is 24.3 Å². The minimum Gasteiger partial charge on any atom is -0.385 e. The Bertz CT molecular complexity index is 691. The normalized spacial score (nSPS) is 11.1. The zero-order valence-corrected chi connectivity index (χ0v) is 15.5. The van der Waals surface area contributed by atoms with Crippen LogP contribution in [0.1, 0.15) is 17.7 Å². The van der Waals surface area contributed by atoms with Crippen LogP contribution in [0.3, 0.4) is 0 Å². The number of aromatic nitrogens is 1. The second-order valence-corrected chi connectivity index (χ2v) is 6.76. The molecule has 0 aliphatic heterocycles. The lowest BCUT2D eigenvalue weighted by Crippen LogP contribution is -2.36. The van der Waals surface area contributed by atoms with Gasteiger partial charge in [0.05, 0.1) is 6.54 Å². The van der Waals surface area contributed by atoms with Gasteiger partial charge in [0.1, 0.15) is 5.82 Å². The number of benzene rings is 1. The first kappa shape index (κ1) is 19.8. The van der Waals surface area contributed by atoms with Gasteiger partial charge < -0.3 is 14.2 Å². The smallest absolute Gasteiger partial charge is 0.256 e. The van der Waals surface area contributed by atoms with Gasteiger partial charge in [-0.3, -0.25) is 4.79 Å². The van der Waals surface area contributed by atoms with Gasteiger partial charge in [-0.2, -0.15) is 0 Å². The third kappa shape index (κ3) is 6.03. The van der Waals surface area contributed by atoms with Crippen LogP contribution in [0.4, 0.5) is 4.39 Å². The molecule has 0 N–H and O–H groups in total. The van der Waals surface area contributed by atoms with Gasteiger partial charge in [-0.15, -0.1) is 0 Å². The molecule has 1 amide bonds. The van der Waals surface area contributed by atoms with Crippen molar-refractivity contribution in [3.05, 3.63) is 59.7 Å². The van der Waals surface area contributed by atoms with Gasteiger partial charge in [0, 0.05) is 38.7 Å². The summed E-state index contributed by atoms with van der Waals surface area (Å²) in [5.41, 5.74) is 1.77. The summed E-state index contributed by atoms with van der Waals surface area (Å²) in [5.74, 6) is -0.604. The molecule has 1 aromatic heterocycles. The van der Waals surface area contributed by atoms with Gasteiger partial charge in [0.15, 0.2) is 4.84 Å². The fourth-order valence-electron chi connectivity index (χ4n) is 2.58. The zero-order valence-electron chi connectivity index (χ0n) is 14.0. The molecule has 0 unspecified atom stereocenters. The van der Waals surface area contributed by atoms with Crippen LogP contribution in [-0.4, -0.2) is 40.5 Å². The maximum atomic E-state index is 13.4. The molecule has 136 valence electrons. The molecule has 0 radical (unpaired) electrons. The number of alkyl halides is 2. The number of amides is 1. The highest BCUT2D eigenvalue weighted by molar-refractivity contribution is 6.53. The Morgan fingerprint density at radius 1 is 1.32 bits per heavy atom. The topological polar surface area (TPSA) is 34.5 Å². The number of ether oxygens (including phenoxy) is 1. The lowest BCUT2D eigenvalue weighted by molar-refractivity contribution is -0.130. The van der Waals surface area contributed by atoms with Crippen molar-refractivity contribution in [3.63, 3.8) is 0 Å². The van der Waals surface area contributed by atoms with E-state index in [0.29, 0.717) is 32.7 Å². The lowest BCUT2D eigenvalue weighted by Gasteiger charge is -2.24. The molecule has 0 atom stereocenters. The van der Waals surface area contributed by atoms with Gasteiger partial charge in [0.25, 0.3) is 5.91 Å². The molecule has 25 heavy (non-hydrogen) atoms. The predicted molar refractivity (Wildman–Crippen MR) is 97.3 cm³/mol. The quantitative estimate of drug-likeness (QED) is 0.484. The molecule has 1 aromatic carbocycles. The van der Waals surface area contributed by atoms with Crippen molar-refractivity contribution >= 4 is 29.1 Å². The molecule has 4 nitrogen and oxygen atoms in total. The Hall–Kier alpha value is -1.56. The number of methoxy groups -OCH3 is 1. The SMILES string of the molecule is COCCCN(Cc1cccn1Cc1cccc(F)c1)C(=O)C(Cl)Cl. The number of carbonyl (C=O) groups excluding carboxylic acids is 1. The maximum Gasteiger partial charge on any atom is 0.256 e. The molecule has 2 aromatic rings. The summed E-state index contributed by atoms with van der Waals surface area (Å²) >= 11 is 11.5. The first-order valence-corrected chi connectivity index (χ1v) is 8.83. The Kier molecular flexibility index (Phi) is 7.75. The number of nitrogens with zero attached hydrogens (tertiary/aromatic N) is 2. The van der Waals surface area contributed by atoms with Crippen molar-refractivity contribution in [1.29, 1.82) is 0 Å². The molecule has 0 saturated carbocycles. The van der Waals surface area contributed by atoms with Crippen molar-refractivity contribution in [2.75, 3.05) is 20.3 Å². The number of hydrogen-bond acceptors (Lipinski definition) is 2. The number of hydrogen-bond donors (Lipinski definition) is 0. The summed E-state index contributed by atoms with van der Waals surface area (Å²) in [6.45, 7) is 1.93. The van der Waals surface area contributed by atoms with E-state index in [9.17, 15) is 9.18 Å².